The van der Waals surface area contributed by atoms with Crippen LogP contribution in [0.5, 0.6) is 0 Å². The maximum atomic E-state index is 14.1. The van der Waals surface area contributed by atoms with Crippen LogP contribution in [-0.2, 0) is 38.9 Å². The molecule has 3 aromatic carbocycles. The van der Waals surface area contributed by atoms with Crippen LogP contribution in [-0.4, -0.2) is 31.7 Å². The highest BCUT2D eigenvalue weighted by Gasteiger charge is 2.47. The standard InChI is InChI=1S/C26H32NO7PS2/c1-5-32-35(28,33-6-2)26(34-37(30,31)24-18-14-21(4)15-19-24)25(22-10-8-7-9-11-22)27-36(29)23-16-12-20(3)13-17-23/h7-19,25-27H,5-6H2,1-4H3/t25-,26-,36+/m1/s1. The van der Waals surface area contributed by atoms with Crippen molar-refractivity contribution < 1.29 is 30.4 Å². The van der Waals surface area contributed by atoms with E-state index in [4.69, 9.17) is 13.2 Å². The largest absolute Gasteiger partial charge is 0.362 e. The number of benzene rings is 3. The Balaban J connectivity index is 2.13. The molecule has 0 unspecified atom stereocenters. The minimum atomic E-state index is -4.43. The zero-order valence-corrected chi connectivity index (χ0v) is 23.7. The van der Waals surface area contributed by atoms with Crippen LogP contribution in [0.1, 0.15) is 36.6 Å². The average Bonchev–Trinajstić information content (AvgIpc) is 2.87. The summed E-state index contributed by atoms with van der Waals surface area (Å²) in [5.74, 6) is -1.68. The molecule has 1 N–H and O–H groups in total. The topological polar surface area (TPSA) is 108 Å². The van der Waals surface area contributed by atoms with E-state index in [1.165, 1.54) is 12.1 Å². The molecular formula is C26H32NO7PS2. The van der Waals surface area contributed by atoms with Gasteiger partial charge in [0.1, 0.15) is 11.0 Å². The normalized spacial score (nSPS) is 14.7. The first-order valence-electron chi connectivity index (χ1n) is 11.8. The summed E-state index contributed by atoms with van der Waals surface area (Å²) in [6.07, 6.45) is 0. The van der Waals surface area contributed by atoms with E-state index >= 15 is 0 Å². The monoisotopic (exact) mass is 565 g/mol. The first-order chi connectivity index (χ1) is 17.6. The molecule has 200 valence electrons. The van der Waals surface area contributed by atoms with Gasteiger partial charge in [-0.05, 0) is 57.5 Å². The van der Waals surface area contributed by atoms with E-state index in [0.29, 0.717) is 10.5 Å². The average molecular weight is 566 g/mol. The summed E-state index contributed by atoms with van der Waals surface area (Å²) in [6, 6.07) is 20.6. The Bertz CT molecular complexity index is 1320. The molecule has 0 aliphatic rings. The van der Waals surface area contributed by atoms with Gasteiger partial charge < -0.3 is 9.05 Å². The zero-order valence-electron chi connectivity index (χ0n) is 21.2. The van der Waals surface area contributed by atoms with Gasteiger partial charge in [0, 0.05) is 0 Å². The van der Waals surface area contributed by atoms with E-state index in [9.17, 15) is 17.2 Å². The minimum Gasteiger partial charge on any atom is -0.307 e. The van der Waals surface area contributed by atoms with Crippen molar-refractivity contribution in [3.05, 3.63) is 95.6 Å². The molecule has 3 rings (SSSR count). The number of nitrogens with one attached hydrogen (secondary N) is 1. The summed E-state index contributed by atoms with van der Waals surface area (Å²) in [6.45, 7) is 6.93. The second-order valence-corrected chi connectivity index (χ2v) is 13.1. The third-order valence-corrected chi connectivity index (χ3v) is 10.3. The van der Waals surface area contributed by atoms with Crippen LogP contribution in [0, 0.1) is 13.8 Å². The first kappa shape index (κ1) is 29.4. The second kappa shape index (κ2) is 13.1. The molecule has 0 aromatic heterocycles. The van der Waals surface area contributed by atoms with Crippen LogP contribution in [0.15, 0.2) is 88.7 Å². The Hall–Kier alpha value is -2.17. The lowest BCUT2D eigenvalue weighted by atomic mass is 10.1. The van der Waals surface area contributed by atoms with Crippen LogP contribution in [0.3, 0.4) is 0 Å². The predicted octanol–water partition coefficient (Wildman–Crippen LogP) is 5.65. The molecule has 11 heteroatoms. The SMILES string of the molecule is CCOP(=O)(OCC)[C@@H](OS(=O)(=O)c1ccc(C)cc1)[C@H](N[S@@](=O)c1ccc(C)cc1)c1ccccc1. The molecule has 0 aliphatic carbocycles. The van der Waals surface area contributed by atoms with Crippen molar-refractivity contribution in [1.82, 2.24) is 4.72 Å². The highest BCUT2D eigenvalue weighted by Crippen LogP contribution is 2.58. The molecule has 0 amide bonds. The molecule has 37 heavy (non-hydrogen) atoms. The lowest BCUT2D eigenvalue weighted by Crippen LogP contribution is -2.37. The van der Waals surface area contributed by atoms with E-state index in [1.807, 2.05) is 26.0 Å². The first-order valence-corrected chi connectivity index (χ1v) is 15.9. The van der Waals surface area contributed by atoms with Gasteiger partial charge >= 0.3 is 7.60 Å². The molecule has 8 nitrogen and oxygen atoms in total. The van der Waals surface area contributed by atoms with Crippen LogP contribution in [0.25, 0.3) is 0 Å². The van der Waals surface area contributed by atoms with Crippen molar-refractivity contribution in [3.8, 4) is 0 Å². The summed E-state index contributed by atoms with van der Waals surface area (Å²) in [7, 11) is -10.5. The summed E-state index contributed by atoms with van der Waals surface area (Å²) < 4.78 is 73.9. The van der Waals surface area contributed by atoms with E-state index in [2.05, 4.69) is 4.72 Å². The van der Waals surface area contributed by atoms with Crippen molar-refractivity contribution in [2.75, 3.05) is 13.2 Å². The minimum absolute atomic E-state index is 0.0235. The molecule has 0 aliphatic heterocycles. The Kier molecular flexibility index (Phi) is 10.4. The lowest BCUT2D eigenvalue weighted by Gasteiger charge is -2.32. The van der Waals surface area contributed by atoms with Gasteiger partial charge in [-0.25, -0.2) is 13.1 Å². The Labute approximate surface area is 221 Å². The van der Waals surface area contributed by atoms with Gasteiger partial charge in [-0.1, -0.05) is 65.7 Å². The quantitative estimate of drug-likeness (QED) is 0.211. The van der Waals surface area contributed by atoms with Crippen molar-refractivity contribution >= 4 is 28.7 Å². The summed E-state index contributed by atoms with van der Waals surface area (Å²) in [4.78, 5) is 0.337. The highest BCUT2D eigenvalue weighted by atomic mass is 32.2. The van der Waals surface area contributed by atoms with Crippen molar-refractivity contribution in [2.45, 2.75) is 49.4 Å². The number of aryl methyl sites for hydroxylation is 2. The van der Waals surface area contributed by atoms with E-state index in [1.54, 1.807) is 68.4 Å². The van der Waals surface area contributed by atoms with Gasteiger partial charge in [-0.3, -0.25) is 4.57 Å². The smallest absolute Gasteiger partial charge is 0.307 e. The molecule has 0 spiro atoms. The molecule has 0 fully saturated rings. The van der Waals surface area contributed by atoms with Crippen LogP contribution >= 0.6 is 7.60 Å². The molecule has 0 saturated carbocycles. The molecular weight excluding hydrogens is 533 g/mol. The fourth-order valence-corrected chi connectivity index (χ4v) is 8.04. The Morgan fingerprint density at radius 2 is 1.35 bits per heavy atom. The van der Waals surface area contributed by atoms with Crippen molar-refractivity contribution in [2.24, 2.45) is 0 Å². The maximum Gasteiger partial charge on any atom is 0.362 e. The molecule has 3 aromatic rings. The zero-order chi connectivity index (χ0) is 27.1. The predicted molar refractivity (Wildman–Crippen MR) is 144 cm³/mol. The third-order valence-electron chi connectivity index (χ3n) is 5.38. The maximum absolute atomic E-state index is 14.1. The van der Waals surface area contributed by atoms with E-state index in [0.717, 1.165) is 11.1 Å². The summed E-state index contributed by atoms with van der Waals surface area (Å²) in [5, 5.41) is 0. The van der Waals surface area contributed by atoms with Gasteiger partial charge in [0.2, 0.25) is 0 Å². The fraction of sp³-hybridized carbons (Fsp3) is 0.308. The number of hydrogen-bond donors (Lipinski definition) is 1. The fourth-order valence-electron chi connectivity index (χ4n) is 3.52. The molecule has 3 atom stereocenters. The van der Waals surface area contributed by atoms with E-state index in [-0.39, 0.29) is 18.1 Å². The lowest BCUT2D eigenvalue weighted by molar-refractivity contribution is 0.148. The molecule has 0 heterocycles. The summed E-state index contributed by atoms with van der Waals surface area (Å²) >= 11 is 0. The van der Waals surface area contributed by atoms with Gasteiger partial charge in [0.25, 0.3) is 10.1 Å². The number of rotatable bonds is 13. The second-order valence-electron chi connectivity index (χ2n) is 8.22. The Morgan fingerprint density at radius 1 is 0.838 bits per heavy atom. The molecule has 0 radical (unpaired) electrons. The third kappa shape index (κ3) is 7.67. The van der Waals surface area contributed by atoms with Crippen LogP contribution in [0.2, 0.25) is 0 Å². The van der Waals surface area contributed by atoms with Gasteiger partial charge in [-0.15, -0.1) is 0 Å². The van der Waals surface area contributed by atoms with Gasteiger partial charge in [0.05, 0.1) is 29.0 Å². The van der Waals surface area contributed by atoms with Crippen molar-refractivity contribution in [3.63, 3.8) is 0 Å². The van der Waals surface area contributed by atoms with Crippen LogP contribution in [0.4, 0.5) is 0 Å². The van der Waals surface area contributed by atoms with Crippen molar-refractivity contribution in [1.29, 1.82) is 0 Å². The number of hydrogen-bond acceptors (Lipinski definition) is 7. The highest BCUT2D eigenvalue weighted by molar-refractivity contribution is 7.87. The van der Waals surface area contributed by atoms with Gasteiger partial charge in [-0.2, -0.15) is 8.42 Å². The Morgan fingerprint density at radius 3 is 1.86 bits per heavy atom. The molecule has 0 saturated heterocycles. The summed E-state index contributed by atoms with van der Waals surface area (Å²) in [5.41, 5.74) is 2.34. The van der Waals surface area contributed by atoms with Crippen LogP contribution < -0.4 is 4.72 Å². The van der Waals surface area contributed by atoms with Gasteiger partial charge in [0.15, 0.2) is 5.85 Å². The molecule has 0 bridgehead atoms. The van der Waals surface area contributed by atoms with E-state index < -0.39 is 40.6 Å².